The van der Waals surface area contributed by atoms with E-state index in [4.69, 9.17) is 5.11 Å². The maximum atomic E-state index is 13.1. The molecule has 0 atom stereocenters. The summed E-state index contributed by atoms with van der Waals surface area (Å²) in [5.74, 6) is -0.324. The van der Waals surface area contributed by atoms with Gasteiger partial charge in [-0.25, -0.2) is 9.07 Å². The smallest absolute Gasteiger partial charge is 0.290 e. The van der Waals surface area contributed by atoms with Crippen LogP contribution in [0.2, 0.25) is 0 Å². The van der Waals surface area contributed by atoms with Crippen LogP contribution in [0.25, 0.3) is 11.3 Å². The highest BCUT2D eigenvalue weighted by molar-refractivity contribution is 5.67. The highest BCUT2D eigenvalue weighted by Gasteiger charge is 2.10. The number of halogens is 1. The predicted molar refractivity (Wildman–Crippen MR) is 95.2 cm³/mol. The van der Waals surface area contributed by atoms with Crippen LogP contribution in [0.15, 0.2) is 59.4 Å². The molecule has 6 heteroatoms. The second-order valence-corrected chi connectivity index (χ2v) is 5.55. The first kappa shape index (κ1) is 16.9. The molecular weight excluding hydrogens is 321 g/mol. The molecule has 0 aliphatic rings. The average Bonchev–Trinajstić information content (AvgIpc) is 2.64. The Hall–Kier alpha value is -2.99. The van der Waals surface area contributed by atoms with Crippen LogP contribution in [0.1, 0.15) is 12.5 Å². The molecule has 0 bridgehead atoms. The number of nitrogens with one attached hydrogen (secondary N) is 1. The van der Waals surface area contributed by atoms with Crippen molar-refractivity contribution in [1.29, 1.82) is 0 Å². The fourth-order valence-electron chi connectivity index (χ4n) is 2.46. The van der Waals surface area contributed by atoms with Crippen molar-refractivity contribution in [3.8, 4) is 11.3 Å². The molecule has 0 fully saturated rings. The Labute approximate surface area is 144 Å². The summed E-state index contributed by atoms with van der Waals surface area (Å²) in [5, 5.41) is 16.5. The largest absolute Gasteiger partial charge is 0.392 e. The van der Waals surface area contributed by atoms with Crippen molar-refractivity contribution in [2.24, 2.45) is 0 Å². The number of benzene rings is 2. The number of hydrogen-bond donors (Lipinski definition) is 2. The zero-order valence-electron chi connectivity index (χ0n) is 13.7. The lowest BCUT2D eigenvalue weighted by molar-refractivity contribution is 0.282. The number of aliphatic hydroxyl groups is 1. The Morgan fingerprint density at radius 1 is 1.12 bits per heavy atom. The molecule has 0 saturated carbocycles. The molecule has 3 aromatic rings. The van der Waals surface area contributed by atoms with E-state index < -0.39 is 0 Å². The van der Waals surface area contributed by atoms with Crippen molar-refractivity contribution < 1.29 is 9.50 Å². The second kappa shape index (κ2) is 7.27. The lowest BCUT2D eigenvalue weighted by atomic mass is 10.1. The van der Waals surface area contributed by atoms with Crippen LogP contribution in [0, 0.1) is 5.82 Å². The maximum Gasteiger partial charge on any atom is 0.290 e. The Bertz CT molecular complexity index is 919. The third-order valence-corrected chi connectivity index (χ3v) is 3.83. The van der Waals surface area contributed by atoms with E-state index in [-0.39, 0.29) is 18.0 Å². The van der Waals surface area contributed by atoms with Crippen molar-refractivity contribution in [2.45, 2.75) is 20.1 Å². The minimum atomic E-state index is -0.324. The lowest BCUT2D eigenvalue weighted by Crippen LogP contribution is -2.24. The first-order valence-electron chi connectivity index (χ1n) is 7.95. The van der Waals surface area contributed by atoms with Crippen LogP contribution in [-0.2, 0) is 13.2 Å². The van der Waals surface area contributed by atoms with Gasteiger partial charge in [0.15, 0.2) is 0 Å². The molecular formula is C19H18FN3O2. The van der Waals surface area contributed by atoms with Crippen molar-refractivity contribution in [3.63, 3.8) is 0 Å². The molecule has 2 N–H and O–H groups in total. The molecule has 3 rings (SSSR count). The Morgan fingerprint density at radius 3 is 2.40 bits per heavy atom. The predicted octanol–water partition coefficient (Wildman–Crippen LogP) is 3.31. The van der Waals surface area contributed by atoms with Crippen molar-refractivity contribution in [3.05, 3.63) is 76.3 Å². The number of nitrogens with zero attached hydrogens (tertiary/aromatic N) is 2. The molecule has 0 aliphatic heterocycles. The summed E-state index contributed by atoms with van der Waals surface area (Å²) in [6, 6.07) is 14.8. The molecule has 128 valence electrons. The van der Waals surface area contributed by atoms with Gasteiger partial charge in [0.25, 0.3) is 5.56 Å². The van der Waals surface area contributed by atoms with Crippen LogP contribution in [0.5, 0.6) is 0 Å². The summed E-state index contributed by atoms with van der Waals surface area (Å²) in [4.78, 5) is 12.5. The highest BCUT2D eigenvalue weighted by Crippen LogP contribution is 2.21. The van der Waals surface area contributed by atoms with Gasteiger partial charge in [0.1, 0.15) is 11.5 Å². The van der Waals surface area contributed by atoms with Crippen LogP contribution in [0.4, 0.5) is 15.8 Å². The van der Waals surface area contributed by atoms with Crippen molar-refractivity contribution >= 4 is 11.4 Å². The standard InChI is InChI=1S/C19H18FN3O2/c1-2-23-19(25)18(21-16-9-3-13(12-24)4-10-16)11-17(22-23)14-5-7-15(20)8-6-14/h3-11,21,24H,2,12H2,1H3. The summed E-state index contributed by atoms with van der Waals surface area (Å²) >= 11 is 0. The molecule has 0 radical (unpaired) electrons. The zero-order valence-corrected chi connectivity index (χ0v) is 13.7. The van der Waals surface area contributed by atoms with Gasteiger partial charge in [0.05, 0.1) is 12.3 Å². The average molecular weight is 339 g/mol. The minimum Gasteiger partial charge on any atom is -0.392 e. The fourth-order valence-corrected chi connectivity index (χ4v) is 2.46. The third kappa shape index (κ3) is 3.75. The van der Waals surface area contributed by atoms with Crippen LogP contribution < -0.4 is 10.9 Å². The van der Waals surface area contributed by atoms with Gasteiger partial charge in [-0.1, -0.05) is 12.1 Å². The van der Waals surface area contributed by atoms with Crippen LogP contribution in [-0.4, -0.2) is 14.9 Å². The summed E-state index contributed by atoms with van der Waals surface area (Å²) in [6.45, 7) is 2.22. The molecule has 2 aromatic carbocycles. The molecule has 1 aromatic heterocycles. The van der Waals surface area contributed by atoms with E-state index in [0.29, 0.717) is 17.9 Å². The summed E-state index contributed by atoms with van der Waals surface area (Å²) in [7, 11) is 0. The number of rotatable bonds is 5. The van der Waals surface area contributed by atoms with E-state index in [1.165, 1.54) is 16.8 Å². The minimum absolute atomic E-state index is 0.0348. The van der Waals surface area contributed by atoms with E-state index in [1.54, 1.807) is 42.5 Å². The number of aryl methyl sites for hydroxylation is 1. The number of hydrogen-bond acceptors (Lipinski definition) is 4. The molecule has 5 nitrogen and oxygen atoms in total. The van der Waals surface area contributed by atoms with Crippen molar-refractivity contribution in [1.82, 2.24) is 9.78 Å². The normalized spacial score (nSPS) is 10.7. The Morgan fingerprint density at radius 2 is 1.80 bits per heavy atom. The van der Waals surface area contributed by atoms with Gasteiger partial charge >= 0.3 is 0 Å². The van der Waals surface area contributed by atoms with E-state index in [0.717, 1.165) is 16.8 Å². The first-order chi connectivity index (χ1) is 12.1. The first-order valence-corrected chi connectivity index (χ1v) is 7.95. The monoisotopic (exact) mass is 339 g/mol. The number of anilines is 2. The summed E-state index contributed by atoms with van der Waals surface area (Å²) < 4.78 is 14.5. The summed E-state index contributed by atoms with van der Waals surface area (Å²) in [5.41, 5.74) is 2.97. The zero-order chi connectivity index (χ0) is 17.8. The molecule has 0 spiro atoms. The van der Waals surface area contributed by atoms with Gasteiger partial charge in [-0.2, -0.15) is 5.10 Å². The van der Waals surface area contributed by atoms with E-state index in [2.05, 4.69) is 10.4 Å². The Kier molecular flexibility index (Phi) is 4.90. The SMILES string of the molecule is CCn1nc(-c2ccc(F)cc2)cc(Nc2ccc(CO)cc2)c1=O. The van der Waals surface area contributed by atoms with Gasteiger partial charge in [0.2, 0.25) is 0 Å². The van der Waals surface area contributed by atoms with Gasteiger partial charge in [-0.3, -0.25) is 4.79 Å². The van der Waals surface area contributed by atoms with E-state index in [9.17, 15) is 9.18 Å². The molecule has 25 heavy (non-hydrogen) atoms. The van der Waals surface area contributed by atoms with Crippen LogP contribution >= 0.6 is 0 Å². The van der Waals surface area contributed by atoms with E-state index in [1.807, 2.05) is 6.92 Å². The molecule has 1 heterocycles. The molecule has 0 unspecified atom stereocenters. The quantitative estimate of drug-likeness (QED) is 0.748. The van der Waals surface area contributed by atoms with Gasteiger partial charge in [-0.05, 0) is 55.0 Å². The van der Waals surface area contributed by atoms with E-state index >= 15 is 0 Å². The molecule has 0 aliphatic carbocycles. The van der Waals surface area contributed by atoms with Crippen LogP contribution in [0.3, 0.4) is 0 Å². The highest BCUT2D eigenvalue weighted by atomic mass is 19.1. The summed E-state index contributed by atoms with van der Waals surface area (Å²) in [6.07, 6.45) is 0. The fraction of sp³-hybridized carbons (Fsp3) is 0.158. The maximum absolute atomic E-state index is 13.1. The number of aromatic nitrogens is 2. The number of aliphatic hydroxyl groups excluding tert-OH is 1. The molecule has 0 amide bonds. The third-order valence-electron chi connectivity index (χ3n) is 3.83. The van der Waals surface area contributed by atoms with Gasteiger partial charge in [-0.15, -0.1) is 0 Å². The molecule has 0 saturated heterocycles. The lowest BCUT2D eigenvalue weighted by Gasteiger charge is -2.11. The van der Waals surface area contributed by atoms with Gasteiger partial charge in [0, 0.05) is 17.8 Å². The Balaban J connectivity index is 2.01. The van der Waals surface area contributed by atoms with Crippen molar-refractivity contribution in [2.75, 3.05) is 5.32 Å². The second-order valence-electron chi connectivity index (χ2n) is 5.55. The topological polar surface area (TPSA) is 67.2 Å². The van der Waals surface area contributed by atoms with Gasteiger partial charge < -0.3 is 10.4 Å².